The monoisotopic (exact) mass is 237 g/mol. The molecule has 2 heterocycles. The second-order valence-corrected chi connectivity index (χ2v) is 4.64. The van der Waals surface area contributed by atoms with Gasteiger partial charge in [0.1, 0.15) is 0 Å². The van der Waals surface area contributed by atoms with E-state index in [1.54, 1.807) is 0 Å². The van der Waals surface area contributed by atoms with E-state index >= 15 is 0 Å². The Balaban J connectivity index is 2.28. The number of pyridine rings is 1. The maximum absolute atomic E-state index is 4.71. The molecule has 0 unspecified atom stereocenters. The fourth-order valence-corrected chi connectivity index (χ4v) is 2.26. The molecule has 0 saturated carbocycles. The summed E-state index contributed by atoms with van der Waals surface area (Å²) in [5.74, 6) is 0. The number of benzene rings is 1. The van der Waals surface area contributed by atoms with Gasteiger partial charge in [0.2, 0.25) is 0 Å². The highest BCUT2D eigenvalue weighted by atomic mass is 15.2. The fraction of sp³-hybridized carbons (Fsp3) is 0.200. The van der Waals surface area contributed by atoms with E-state index in [0.717, 1.165) is 22.5 Å². The van der Waals surface area contributed by atoms with Crippen LogP contribution >= 0.6 is 0 Å². The van der Waals surface area contributed by atoms with Crippen LogP contribution in [-0.4, -0.2) is 14.8 Å². The molecule has 3 nitrogen and oxygen atoms in total. The first-order chi connectivity index (χ1) is 8.65. The number of para-hydroxylation sites is 1. The van der Waals surface area contributed by atoms with Crippen LogP contribution in [0.3, 0.4) is 0 Å². The lowest BCUT2D eigenvalue weighted by molar-refractivity contribution is 0.770. The van der Waals surface area contributed by atoms with Gasteiger partial charge in [-0.15, -0.1) is 0 Å². The van der Waals surface area contributed by atoms with Crippen LogP contribution in [0.4, 0.5) is 0 Å². The minimum Gasteiger partial charge on any atom is -0.275 e. The standard InChI is InChI=1S/C15H15N3/c1-10-5-4-6-12-9-13(11(2)16-15(10)12)14-7-8-18(3)17-14/h4-9H,1-3H3. The zero-order valence-electron chi connectivity index (χ0n) is 10.8. The highest BCUT2D eigenvalue weighted by Gasteiger charge is 2.08. The molecule has 18 heavy (non-hydrogen) atoms. The minimum atomic E-state index is 0.978. The zero-order valence-corrected chi connectivity index (χ0v) is 10.8. The van der Waals surface area contributed by atoms with Crippen molar-refractivity contribution in [3.63, 3.8) is 0 Å². The number of aromatic nitrogens is 3. The third-order valence-corrected chi connectivity index (χ3v) is 3.23. The summed E-state index contributed by atoms with van der Waals surface area (Å²) in [5.41, 5.74) is 5.40. The van der Waals surface area contributed by atoms with Gasteiger partial charge in [-0.05, 0) is 31.5 Å². The average Bonchev–Trinajstić information content (AvgIpc) is 2.76. The van der Waals surface area contributed by atoms with Gasteiger partial charge in [-0.25, -0.2) is 0 Å². The molecule has 0 aliphatic heterocycles. The third kappa shape index (κ3) is 1.68. The highest BCUT2D eigenvalue weighted by Crippen LogP contribution is 2.26. The van der Waals surface area contributed by atoms with Crippen molar-refractivity contribution >= 4 is 10.9 Å². The Kier molecular flexibility index (Phi) is 2.40. The molecule has 0 N–H and O–H groups in total. The van der Waals surface area contributed by atoms with E-state index in [1.165, 1.54) is 10.9 Å². The van der Waals surface area contributed by atoms with Gasteiger partial charge in [-0.1, -0.05) is 18.2 Å². The van der Waals surface area contributed by atoms with Crippen molar-refractivity contribution in [2.75, 3.05) is 0 Å². The maximum atomic E-state index is 4.71. The van der Waals surface area contributed by atoms with E-state index in [1.807, 2.05) is 30.9 Å². The Labute approximate surface area is 106 Å². The van der Waals surface area contributed by atoms with Gasteiger partial charge in [-0.2, -0.15) is 5.10 Å². The quantitative estimate of drug-likeness (QED) is 0.650. The van der Waals surface area contributed by atoms with Gasteiger partial charge in [0.05, 0.1) is 11.2 Å². The van der Waals surface area contributed by atoms with Gasteiger partial charge in [0.15, 0.2) is 0 Å². The molecular weight excluding hydrogens is 222 g/mol. The van der Waals surface area contributed by atoms with Crippen molar-refractivity contribution in [2.45, 2.75) is 13.8 Å². The Hall–Kier alpha value is -2.16. The number of fused-ring (bicyclic) bond motifs is 1. The number of aryl methyl sites for hydroxylation is 3. The van der Waals surface area contributed by atoms with Gasteiger partial charge in [0, 0.05) is 29.9 Å². The first kappa shape index (κ1) is 11.0. The summed E-state index contributed by atoms with van der Waals surface area (Å²) in [4.78, 5) is 4.71. The molecule has 3 aromatic rings. The second-order valence-electron chi connectivity index (χ2n) is 4.64. The van der Waals surface area contributed by atoms with Crippen LogP contribution < -0.4 is 0 Å². The van der Waals surface area contributed by atoms with Crippen molar-refractivity contribution in [3.05, 3.63) is 47.8 Å². The molecule has 1 aromatic carbocycles. The second kappa shape index (κ2) is 3.95. The molecule has 0 aliphatic carbocycles. The topological polar surface area (TPSA) is 30.7 Å². The van der Waals surface area contributed by atoms with Crippen molar-refractivity contribution < 1.29 is 0 Å². The molecule has 0 amide bonds. The molecule has 90 valence electrons. The molecule has 0 atom stereocenters. The van der Waals surface area contributed by atoms with Crippen LogP contribution in [0.2, 0.25) is 0 Å². The van der Waals surface area contributed by atoms with Crippen LogP contribution in [0.25, 0.3) is 22.2 Å². The van der Waals surface area contributed by atoms with E-state index in [2.05, 4.69) is 36.3 Å². The first-order valence-corrected chi connectivity index (χ1v) is 6.02. The largest absolute Gasteiger partial charge is 0.275 e. The van der Waals surface area contributed by atoms with E-state index in [9.17, 15) is 0 Å². The predicted molar refractivity (Wildman–Crippen MR) is 73.4 cm³/mol. The number of rotatable bonds is 1. The Morgan fingerprint density at radius 1 is 1.11 bits per heavy atom. The van der Waals surface area contributed by atoms with Crippen molar-refractivity contribution in [2.24, 2.45) is 7.05 Å². The highest BCUT2D eigenvalue weighted by molar-refractivity contribution is 5.86. The summed E-state index contributed by atoms with van der Waals surface area (Å²) in [5, 5.41) is 5.62. The van der Waals surface area contributed by atoms with E-state index in [-0.39, 0.29) is 0 Å². The lowest BCUT2D eigenvalue weighted by Gasteiger charge is -2.07. The lowest BCUT2D eigenvalue weighted by Crippen LogP contribution is -1.93. The molecular formula is C15H15N3. The van der Waals surface area contributed by atoms with Crippen LogP contribution in [0.1, 0.15) is 11.3 Å². The van der Waals surface area contributed by atoms with Gasteiger partial charge >= 0.3 is 0 Å². The summed E-state index contributed by atoms with van der Waals surface area (Å²) in [7, 11) is 1.93. The average molecular weight is 237 g/mol. The van der Waals surface area contributed by atoms with Gasteiger partial charge < -0.3 is 0 Å². The zero-order chi connectivity index (χ0) is 12.7. The summed E-state index contributed by atoms with van der Waals surface area (Å²) in [6, 6.07) is 10.5. The molecule has 0 radical (unpaired) electrons. The van der Waals surface area contributed by atoms with E-state index in [4.69, 9.17) is 4.98 Å². The Morgan fingerprint density at radius 2 is 1.94 bits per heavy atom. The molecule has 0 saturated heterocycles. The third-order valence-electron chi connectivity index (χ3n) is 3.23. The van der Waals surface area contributed by atoms with Crippen LogP contribution in [0.5, 0.6) is 0 Å². The normalized spacial score (nSPS) is 11.1. The summed E-state index contributed by atoms with van der Waals surface area (Å²) in [6.07, 6.45) is 1.95. The SMILES string of the molecule is Cc1nc2c(C)cccc2cc1-c1ccn(C)n1. The summed E-state index contributed by atoms with van der Waals surface area (Å²) >= 11 is 0. The van der Waals surface area contributed by atoms with Crippen molar-refractivity contribution in [3.8, 4) is 11.3 Å². The van der Waals surface area contributed by atoms with E-state index < -0.39 is 0 Å². The van der Waals surface area contributed by atoms with E-state index in [0.29, 0.717) is 0 Å². The van der Waals surface area contributed by atoms with Crippen LogP contribution in [0, 0.1) is 13.8 Å². The smallest absolute Gasteiger partial charge is 0.0941 e. The van der Waals surface area contributed by atoms with Crippen molar-refractivity contribution in [1.82, 2.24) is 14.8 Å². The molecule has 0 spiro atoms. The predicted octanol–water partition coefficient (Wildman–Crippen LogP) is 3.25. The number of hydrogen-bond donors (Lipinski definition) is 0. The molecule has 3 rings (SSSR count). The summed E-state index contributed by atoms with van der Waals surface area (Å²) < 4.78 is 1.81. The minimum absolute atomic E-state index is 0.978. The number of nitrogens with zero attached hydrogens (tertiary/aromatic N) is 3. The Morgan fingerprint density at radius 3 is 2.67 bits per heavy atom. The maximum Gasteiger partial charge on any atom is 0.0941 e. The van der Waals surface area contributed by atoms with Crippen LogP contribution in [-0.2, 0) is 7.05 Å². The molecule has 3 heteroatoms. The fourth-order valence-electron chi connectivity index (χ4n) is 2.26. The Bertz CT molecular complexity index is 726. The molecule has 0 bridgehead atoms. The summed E-state index contributed by atoms with van der Waals surface area (Å²) in [6.45, 7) is 4.13. The van der Waals surface area contributed by atoms with Gasteiger partial charge in [-0.3, -0.25) is 9.67 Å². The molecule has 2 aromatic heterocycles. The number of hydrogen-bond acceptors (Lipinski definition) is 2. The van der Waals surface area contributed by atoms with Crippen molar-refractivity contribution in [1.29, 1.82) is 0 Å². The molecule has 0 aliphatic rings. The van der Waals surface area contributed by atoms with Crippen LogP contribution in [0.15, 0.2) is 36.5 Å². The first-order valence-electron chi connectivity index (χ1n) is 6.02. The lowest BCUT2D eigenvalue weighted by atomic mass is 10.0. The molecule has 0 fully saturated rings. The van der Waals surface area contributed by atoms with Gasteiger partial charge in [0.25, 0.3) is 0 Å².